The fraction of sp³-hybridized carbons (Fsp3) is 0.688. The first-order chi connectivity index (χ1) is 11.4. The van der Waals surface area contributed by atoms with Gasteiger partial charge in [-0.3, -0.25) is 9.89 Å². The Balaban J connectivity index is 1.40. The molecule has 7 heteroatoms. The molecule has 2 aliphatic rings. The summed E-state index contributed by atoms with van der Waals surface area (Å²) in [7, 11) is 1.88. The number of ether oxygens (including phenoxy) is 1. The third-order valence-electron chi connectivity index (χ3n) is 4.42. The van der Waals surface area contributed by atoms with Crippen LogP contribution in [0.1, 0.15) is 0 Å². The molecule has 0 bridgehead atoms. The highest BCUT2D eigenvalue weighted by Gasteiger charge is 2.20. The zero-order valence-electron chi connectivity index (χ0n) is 13.9. The van der Waals surface area contributed by atoms with Gasteiger partial charge in [-0.2, -0.15) is 0 Å². The summed E-state index contributed by atoms with van der Waals surface area (Å²) in [5.41, 5.74) is 0. The lowest BCUT2D eigenvalue weighted by atomic mass is 10.3. The molecule has 6 nitrogen and oxygen atoms in total. The van der Waals surface area contributed by atoms with Gasteiger partial charge in [0.2, 0.25) is 0 Å². The van der Waals surface area contributed by atoms with Gasteiger partial charge in [0.15, 0.2) is 5.96 Å². The summed E-state index contributed by atoms with van der Waals surface area (Å²) in [5.74, 6) is 1.03. The molecule has 1 aromatic heterocycles. The van der Waals surface area contributed by atoms with Crippen molar-refractivity contribution in [2.24, 2.45) is 4.99 Å². The van der Waals surface area contributed by atoms with Crippen molar-refractivity contribution in [1.29, 1.82) is 0 Å². The summed E-state index contributed by atoms with van der Waals surface area (Å²) in [6.07, 6.45) is 0. The SMILES string of the molecule is CN=C(NCCN1CCOCC1)N1CCN(c2cccs2)CC1. The maximum absolute atomic E-state index is 5.39. The number of morpholine rings is 1. The zero-order valence-corrected chi connectivity index (χ0v) is 14.7. The molecule has 2 aliphatic heterocycles. The topological polar surface area (TPSA) is 43.3 Å². The molecule has 0 atom stereocenters. The van der Waals surface area contributed by atoms with E-state index in [1.54, 1.807) is 0 Å². The number of piperazine rings is 1. The van der Waals surface area contributed by atoms with Gasteiger partial charge < -0.3 is 19.9 Å². The van der Waals surface area contributed by atoms with E-state index in [9.17, 15) is 0 Å². The Labute approximate surface area is 142 Å². The summed E-state index contributed by atoms with van der Waals surface area (Å²) in [6, 6.07) is 4.33. The summed E-state index contributed by atoms with van der Waals surface area (Å²) in [4.78, 5) is 11.7. The van der Waals surface area contributed by atoms with E-state index in [4.69, 9.17) is 4.74 Å². The van der Waals surface area contributed by atoms with Crippen LogP contribution in [0.25, 0.3) is 0 Å². The van der Waals surface area contributed by atoms with Crippen molar-refractivity contribution >= 4 is 22.3 Å². The predicted octanol–water partition coefficient (Wildman–Crippen LogP) is 0.778. The molecule has 0 aliphatic carbocycles. The van der Waals surface area contributed by atoms with Crippen LogP contribution in [0.4, 0.5) is 5.00 Å². The Kier molecular flexibility index (Phi) is 6.13. The van der Waals surface area contributed by atoms with Gasteiger partial charge in [0.25, 0.3) is 0 Å². The van der Waals surface area contributed by atoms with Gasteiger partial charge in [-0.15, -0.1) is 11.3 Å². The molecule has 0 amide bonds. The first kappa shape index (κ1) is 16.5. The molecule has 128 valence electrons. The molecule has 23 heavy (non-hydrogen) atoms. The molecule has 0 radical (unpaired) electrons. The summed E-state index contributed by atoms with van der Waals surface area (Å²) in [6.45, 7) is 9.97. The number of hydrogen-bond acceptors (Lipinski definition) is 5. The fourth-order valence-corrected chi connectivity index (χ4v) is 3.86. The van der Waals surface area contributed by atoms with Crippen molar-refractivity contribution in [1.82, 2.24) is 15.1 Å². The zero-order chi connectivity index (χ0) is 15.9. The van der Waals surface area contributed by atoms with Gasteiger partial charge in [0.05, 0.1) is 18.2 Å². The molecule has 2 saturated heterocycles. The van der Waals surface area contributed by atoms with Crippen LogP contribution in [0.2, 0.25) is 0 Å². The fourth-order valence-electron chi connectivity index (χ4n) is 3.07. The Hall–Kier alpha value is -1.31. The number of nitrogens with one attached hydrogen (secondary N) is 1. The molecule has 2 fully saturated rings. The number of nitrogens with zero attached hydrogens (tertiary/aromatic N) is 4. The molecule has 0 saturated carbocycles. The first-order valence-corrected chi connectivity index (χ1v) is 9.29. The maximum atomic E-state index is 5.39. The normalized spacial score (nSPS) is 20.8. The number of aliphatic imine (C=N–C) groups is 1. The summed E-state index contributed by atoms with van der Waals surface area (Å²) < 4.78 is 5.39. The largest absolute Gasteiger partial charge is 0.379 e. The number of anilines is 1. The second-order valence-corrected chi connectivity index (χ2v) is 6.78. The van der Waals surface area contributed by atoms with Crippen LogP contribution in [-0.2, 0) is 4.74 Å². The van der Waals surface area contributed by atoms with Crippen LogP contribution in [0.15, 0.2) is 22.5 Å². The minimum atomic E-state index is 0.861. The number of rotatable bonds is 4. The van der Waals surface area contributed by atoms with Gasteiger partial charge in [-0.25, -0.2) is 0 Å². The molecular weight excluding hydrogens is 310 g/mol. The third kappa shape index (κ3) is 4.59. The van der Waals surface area contributed by atoms with Gasteiger partial charge in [0, 0.05) is 59.4 Å². The second kappa shape index (κ2) is 8.52. The molecule has 1 N–H and O–H groups in total. The standard InChI is InChI=1S/C16H27N5OS/c1-17-16(18-4-5-19-10-12-22-13-11-19)21-8-6-20(7-9-21)15-3-2-14-23-15/h2-3,14H,4-13H2,1H3,(H,17,18). The van der Waals surface area contributed by atoms with E-state index in [0.717, 1.165) is 71.5 Å². The Morgan fingerprint density at radius 3 is 2.65 bits per heavy atom. The predicted molar refractivity (Wildman–Crippen MR) is 96.7 cm³/mol. The van der Waals surface area contributed by atoms with Gasteiger partial charge in [-0.05, 0) is 17.5 Å². The molecule has 0 spiro atoms. The van der Waals surface area contributed by atoms with Gasteiger partial charge >= 0.3 is 0 Å². The Morgan fingerprint density at radius 1 is 1.22 bits per heavy atom. The lowest BCUT2D eigenvalue weighted by Crippen LogP contribution is -2.53. The van der Waals surface area contributed by atoms with E-state index in [2.05, 4.69) is 42.5 Å². The van der Waals surface area contributed by atoms with E-state index in [0.29, 0.717) is 0 Å². The van der Waals surface area contributed by atoms with Crippen molar-refractivity contribution in [3.8, 4) is 0 Å². The van der Waals surface area contributed by atoms with Gasteiger partial charge in [0.1, 0.15) is 0 Å². The van der Waals surface area contributed by atoms with Crippen LogP contribution in [0, 0.1) is 0 Å². The molecule has 1 aromatic rings. The van der Waals surface area contributed by atoms with E-state index in [1.807, 2.05) is 18.4 Å². The summed E-state index contributed by atoms with van der Waals surface area (Å²) in [5, 5.41) is 7.04. The Bertz CT molecular complexity index is 479. The van der Waals surface area contributed by atoms with Crippen molar-refractivity contribution in [3.05, 3.63) is 17.5 Å². The smallest absolute Gasteiger partial charge is 0.193 e. The van der Waals surface area contributed by atoms with Crippen LogP contribution in [0.5, 0.6) is 0 Å². The lowest BCUT2D eigenvalue weighted by Gasteiger charge is -2.37. The minimum Gasteiger partial charge on any atom is -0.379 e. The van der Waals surface area contributed by atoms with Crippen LogP contribution < -0.4 is 10.2 Å². The number of guanidine groups is 1. The number of thiophene rings is 1. The molecule has 3 rings (SSSR count). The Morgan fingerprint density at radius 2 is 2.00 bits per heavy atom. The van der Waals surface area contributed by atoms with Crippen molar-refractivity contribution in [3.63, 3.8) is 0 Å². The van der Waals surface area contributed by atoms with Gasteiger partial charge in [-0.1, -0.05) is 0 Å². The average Bonchev–Trinajstić information content (AvgIpc) is 3.15. The maximum Gasteiger partial charge on any atom is 0.193 e. The van der Waals surface area contributed by atoms with Crippen molar-refractivity contribution in [2.45, 2.75) is 0 Å². The highest BCUT2D eigenvalue weighted by Crippen LogP contribution is 2.22. The quantitative estimate of drug-likeness (QED) is 0.650. The van der Waals surface area contributed by atoms with E-state index < -0.39 is 0 Å². The van der Waals surface area contributed by atoms with Crippen LogP contribution in [-0.4, -0.2) is 88.4 Å². The molecule has 0 aromatic carbocycles. The second-order valence-electron chi connectivity index (χ2n) is 5.85. The highest BCUT2D eigenvalue weighted by atomic mass is 32.1. The summed E-state index contributed by atoms with van der Waals surface area (Å²) >= 11 is 1.82. The van der Waals surface area contributed by atoms with Crippen molar-refractivity contribution < 1.29 is 4.74 Å². The lowest BCUT2D eigenvalue weighted by molar-refractivity contribution is 0.0388. The minimum absolute atomic E-state index is 0.861. The average molecular weight is 337 g/mol. The van der Waals surface area contributed by atoms with Crippen LogP contribution >= 0.6 is 11.3 Å². The molecule has 3 heterocycles. The van der Waals surface area contributed by atoms with Crippen molar-refractivity contribution in [2.75, 3.05) is 77.5 Å². The van der Waals surface area contributed by atoms with E-state index in [1.165, 1.54) is 5.00 Å². The monoisotopic (exact) mass is 337 g/mol. The third-order valence-corrected chi connectivity index (χ3v) is 5.35. The highest BCUT2D eigenvalue weighted by molar-refractivity contribution is 7.14. The molecular formula is C16H27N5OS. The number of hydrogen-bond donors (Lipinski definition) is 1. The van der Waals surface area contributed by atoms with E-state index in [-0.39, 0.29) is 0 Å². The van der Waals surface area contributed by atoms with Crippen LogP contribution in [0.3, 0.4) is 0 Å². The molecule has 0 unspecified atom stereocenters. The first-order valence-electron chi connectivity index (χ1n) is 8.41. The van der Waals surface area contributed by atoms with E-state index >= 15 is 0 Å².